The largest absolute Gasteiger partial charge is 0.391 e. The fourth-order valence-corrected chi connectivity index (χ4v) is 1.95. The predicted molar refractivity (Wildman–Crippen MR) is 64.0 cm³/mol. The van der Waals surface area contributed by atoms with Crippen molar-refractivity contribution in [2.24, 2.45) is 0 Å². The zero-order valence-corrected chi connectivity index (χ0v) is 9.72. The number of carbonyl (C=O) groups excluding carboxylic acids is 2. The van der Waals surface area contributed by atoms with Gasteiger partial charge in [0.2, 0.25) is 5.91 Å². The topological polar surface area (TPSA) is 57.6 Å². The Labute approximate surface area is 99.9 Å². The molecule has 17 heavy (non-hydrogen) atoms. The monoisotopic (exact) mass is 233 g/mol. The molecule has 1 amide bonds. The fourth-order valence-electron chi connectivity index (χ4n) is 1.95. The number of Topliss-reactive ketones (excluding diaryl/α,β-unsaturated/α-hetero) is 1. The summed E-state index contributed by atoms with van der Waals surface area (Å²) in [5, 5.41) is 9.55. The van der Waals surface area contributed by atoms with Crippen LogP contribution in [0.1, 0.15) is 30.1 Å². The van der Waals surface area contributed by atoms with E-state index in [4.69, 9.17) is 0 Å². The first-order valence-electron chi connectivity index (χ1n) is 5.67. The Balaban J connectivity index is 2.21. The molecular formula is C13H15NO3. The molecule has 0 aliphatic carbocycles. The number of β-amino-alcohol motifs (C(OH)–C–C–N with tert-alkyl or cyclic N) is 1. The normalized spacial score (nSPS) is 20.5. The van der Waals surface area contributed by atoms with Crippen molar-refractivity contribution in [2.75, 3.05) is 11.4 Å². The summed E-state index contributed by atoms with van der Waals surface area (Å²) in [5.74, 6) is 0.0208. The Morgan fingerprint density at radius 2 is 2.00 bits per heavy atom. The number of piperidine rings is 1. The molecule has 4 nitrogen and oxygen atoms in total. The molecule has 0 saturated carbocycles. The Morgan fingerprint density at radius 3 is 2.59 bits per heavy atom. The van der Waals surface area contributed by atoms with Gasteiger partial charge in [0.05, 0.1) is 12.6 Å². The van der Waals surface area contributed by atoms with E-state index in [1.807, 2.05) is 0 Å². The third-order valence-corrected chi connectivity index (χ3v) is 2.97. The van der Waals surface area contributed by atoms with E-state index in [9.17, 15) is 14.7 Å². The molecule has 1 aromatic rings. The maximum atomic E-state index is 11.7. The Kier molecular flexibility index (Phi) is 3.24. The standard InChI is InChI=1S/C13H15NO3/c1-9(15)10-2-4-11(5-3-10)14-8-12(16)6-7-13(14)17/h2-5,12,16H,6-8H2,1H3. The lowest BCUT2D eigenvalue weighted by atomic mass is 10.1. The smallest absolute Gasteiger partial charge is 0.227 e. The minimum absolute atomic E-state index is 0.00144. The Morgan fingerprint density at radius 1 is 1.35 bits per heavy atom. The van der Waals surface area contributed by atoms with Crippen LogP contribution in [-0.4, -0.2) is 29.4 Å². The third-order valence-electron chi connectivity index (χ3n) is 2.97. The van der Waals surface area contributed by atoms with Crippen LogP contribution in [0.5, 0.6) is 0 Å². The van der Waals surface area contributed by atoms with Crippen LogP contribution in [0, 0.1) is 0 Å². The van der Waals surface area contributed by atoms with Gasteiger partial charge in [-0.15, -0.1) is 0 Å². The van der Waals surface area contributed by atoms with Crippen molar-refractivity contribution >= 4 is 17.4 Å². The molecule has 1 N–H and O–H groups in total. The molecule has 1 unspecified atom stereocenters. The summed E-state index contributed by atoms with van der Waals surface area (Å²) < 4.78 is 0. The van der Waals surface area contributed by atoms with Gasteiger partial charge in [-0.2, -0.15) is 0 Å². The van der Waals surface area contributed by atoms with E-state index in [-0.39, 0.29) is 11.7 Å². The molecule has 1 atom stereocenters. The highest BCUT2D eigenvalue weighted by atomic mass is 16.3. The summed E-state index contributed by atoms with van der Waals surface area (Å²) in [4.78, 5) is 24.4. The fraction of sp³-hybridized carbons (Fsp3) is 0.385. The molecule has 1 aliphatic rings. The number of amides is 1. The first-order chi connectivity index (χ1) is 8.08. The van der Waals surface area contributed by atoms with Crippen molar-refractivity contribution < 1.29 is 14.7 Å². The maximum absolute atomic E-state index is 11.7. The summed E-state index contributed by atoms with van der Waals surface area (Å²) in [6, 6.07) is 6.89. The number of benzene rings is 1. The van der Waals surface area contributed by atoms with Crippen LogP contribution in [0.3, 0.4) is 0 Å². The van der Waals surface area contributed by atoms with Crippen LogP contribution >= 0.6 is 0 Å². The van der Waals surface area contributed by atoms with Gasteiger partial charge in [0, 0.05) is 17.7 Å². The minimum atomic E-state index is -0.458. The molecule has 1 aliphatic heterocycles. The molecule has 1 heterocycles. The molecule has 2 rings (SSSR count). The lowest BCUT2D eigenvalue weighted by Crippen LogP contribution is -2.42. The molecule has 1 aromatic carbocycles. The number of hydrogen-bond acceptors (Lipinski definition) is 3. The highest BCUT2D eigenvalue weighted by Gasteiger charge is 2.25. The number of ketones is 1. The van der Waals surface area contributed by atoms with E-state index in [2.05, 4.69) is 0 Å². The molecule has 1 fully saturated rings. The molecule has 1 saturated heterocycles. The zero-order chi connectivity index (χ0) is 12.4. The molecule has 0 aromatic heterocycles. The second-order valence-electron chi connectivity index (χ2n) is 4.30. The van der Waals surface area contributed by atoms with Crippen LogP contribution in [0.4, 0.5) is 5.69 Å². The van der Waals surface area contributed by atoms with Crippen LogP contribution in [-0.2, 0) is 4.79 Å². The van der Waals surface area contributed by atoms with Crippen molar-refractivity contribution in [3.05, 3.63) is 29.8 Å². The SMILES string of the molecule is CC(=O)c1ccc(N2CC(O)CCC2=O)cc1. The lowest BCUT2D eigenvalue weighted by molar-refractivity contribution is -0.121. The Bertz CT molecular complexity index is 438. The number of rotatable bonds is 2. The molecule has 4 heteroatoms. The molecule has 0 bridgehead atoms. The van der Waals surface area contributed by atoms with Crippen molar-refractivity contribution in [1.82, 2.24) is 0 Å². The summed E-state index contributed by atoms with van der Waals surface area (Å²) in [5.41, 5.74) is 1.36. The average molecular weight is 233 g/mol. The van der Waals surface area contributed by atoms with Gasteiger partial charge in [-0.3, -0.25) is 9.59 Å². The summed E-state index contributed by atoms with van der Waals surface area (Å²) in [6.07, 6.45) is 0.441. The van der Waals surface area contributed by atoms with E-state index in [0.717, 1.165) is 5.69 Å². The predicted octanol–water partition coefficient (Wildman–Crippen LogP) is 1.38. The van der Waals surface area contributed by atoms with Gasteiger partial charge in [-0.05, 0) is 37.6 Å². The lowest BCUT2D eigenvalue weighted by Gasteiger charge is -2.30. The minimum Gasteiger partial charge on any atom is -0.391 e. The van der Waals surface area contributed by atoms with E-state index in [1.54, 1.807) is 29.2 Å². The number of hydrogen-bond donors (Lipinski definition) is 1. The highest BCUT2D eigenvalue weighted by molar-refractivity contribution is 5.96. The van der Waals surface area contributed by atoms with Gasteiger partial charge in [-0.1, -0.05) is 0 Å². The highest BCUT2D eigenvalue weighted by Crippen LogP contribution is 2.21. The Hall–Kier alpha value is -1.68. The number of nitrogens with zero attached hydrogens (tertiary/aromatic N) is 1. The summed E-state index contributed by atoms with van der Waals surface area (Å²) in [6.45, 7) is 1.84. The molecule has 90 valence electrons. The second kappa shape index (κ2) is 4.67. The number of aliphatic hydroxyl groups is 1. The quantitative estimate of drug-likeness (QED) is 0.785. The van der Waals surface area contributed by atoms with Crippen LogP contribution in [0.15, 0.2) is 24.3 Å². The van der Waals surface area contributed by atoms with E-state index >= 15 is 0 Å². The van der Waals surface area contributed by atoms with Crippen LogP contribution < -0.4 is 4.90 Å². The number of carbonyl (C=O) groups is 2. The van der Waals surface area contributed by atoms with Crippen LogP contribution in [0.2, 0.25) is 0 Å². The first kappa shape index (κ1) is 11.8. The van der Waals surface area contributed by atoms with Gasteiger partial charge in [0.1, 0.15) is 0 Å². The molecular weight excluding hydrogens is 218 g/mol. The average Bonchev–Trinajstić information content (AvgIpc) is 2.32. The van der Waals surface area contributed by atoms with Crippen molar-refractivity contribution in [2.45, 2.75) is 25.9 Å². The zero-order valence-electron chi connectivity index (χ0n) is 9.72. The first-order valence-corrected chi connectivity index (χ1v) is 5.67. The van der Waals surface area contributed by atoms with Gasteiger partial charge in [0.15, 0.2) is 5.78 Å². The van der Waals surface area contributed by atoms with E-state index < -0.39 is 6.10 Å². The van der Waals surface area contributed by atoms with E-state index in [0.29, 0.717) is 24.9 Å². The number of anilines is 1. The maximum Gasteiger partial charge on any atom is 0.227 e. The number of aliphatic hydroxyl groups excluding tert-OH is 1. The van der Waals surface area contributed by atoms with Gasteiger partial charge < -0.3 is 10.0 Å². The summed E-state index contributed by atoms with van der Waals surface area (Å²) in [7, 11) is 0. The second-order valence-corrected chi connectivity index (χ2v) is 4.30. The van der Waals surface area contributed by atoms with E-state index in [1.165, 1.54) is 6.92 Å². The van der Waals surface area contributed by atoms with Gasteiger partial charge >= 0.3 is 0 Å². The van der Waals surface area contributed by atoms with Crippen molar-refractivity contribution in [3.63, 3.8) is 0 Å². The van der Waals surface area contributed by atoms with Crippen molar-refractivity contribution in [1.29, 1.82) is 0 Å². The molecule has 0 radical (unpaired) electrons. The molecule has 0 spiro atoms. The van der Waals surface area contributed by atoms with Gasteiger partial charge in [0.25, 0.3) is 0 Å². The van der Waals surface area contributed by atoms with Crippen molar-refractivity contribution in [3.8, 4) is 0 Å². The third kappa shape index (κ3) is 2.53. The van der Waals surface area contributed by atoms with Gasteiger partial charge in [-0.25, -0.2) is 0 Å². The van der Waals surface area contributed by atoms with Crippen LogP contribution in [0.25, 0.3) is 0 Å². The summed E-state index contributed by atoms with van der Waals surface area (Å²) >= 11 is 0.